The van der Waals surface area contributed by atoms with Gasteiger partial charge in [-0.1, -0.05) is 26.8 Å². The molecule has 0 aromatic carbocycles. The van der Waals surface area contributed by atoms with Crippen molar-refractivity contribution in [2.45, 2.75) is 64.8 Å². The van der Waals surface area contributed by atoms with E-state index in [1.54, 1.807) is 5.41 Å². The summed E-state index contributed by atoms with van der Waals surface area (Å²) in [6.07, 6.45) is 2.79. The van der Waals surface area contributed by atoms with Crippen LogP contribution < -0.4 is 0 Å². The van der Waals surface area contributed by atoms with E-state index in [4.69, 9.17) is 9.16 Å². The fourth-order valence-electron chi connectivity index (χ4n) is 1.39. The summed E-state index contributed by atoms with van der Waals surface area (Å²) in [5.41, 5.74) is 0. The van der Waals surface area contributed by atoms with Crippen LogP contribution in [0.5, 0.6) is 0 Å². The normalized spacial score (nSPS) is 14.7. The lowest BCUT2D eigenvalue weighted by atomic mass is 10.2. The Kier molecular flexibility index (Phi) is 8.01. The van der Waals surface area contributed by atoms with Crippen LogP contribution in [0.3, 0.4) is 0 Å². The first-order valence-corrected chi connectivity index (χ1v) is 10.2. The molecule has 0 radical (unpaired) electrons. The second kappa shape index (κ2) is 8.12. The molecule has 0 fully saturated rings. The van der Waals surface area contributed by atoms with Gasteiger partial charge < -0.3 is 9.16 Å². The van der Waals surface area contributed by atoms with Gasteiger partial charge in [-0.15, -0.1) is 0 Å². The maximum Gasteiger partial charge on any atom is 0.308 e. The van der Waals surface area contributed by atoms with Crippen molar-refractivity contribution in [2.75, 3.05) is 6.61 Å². The molecule has 0 aliphatic rings. The van der Waals surface area contributed by atoms with E-state index in [2.05, 4.69) is 46.5 Å². The third-order valence-electron chi connectivity index (χ3n) is 3.47. The van der Waals surface area contributed by atoms with Gasteiger partial charge in [0.05, 0.1) is 19.1 Å². The van der Waals surface area contributed by atoms with Crippen LogP contribution in [0.25, 0.3) is 0 Å². The lowest BCUT2D eigenvalue weighted by Gasteiger charge is -2.39. The van der Waals surface area contributed by atoms with Crippen LogP contribution in [0.15, 0.2) is 11.5 Å². The topological polar surface area (TPSA) is 35.5 Å². The maximum atomic E-state index is 11.6. The zero-order valence-electron chi connectivity index (χ0n) is 13.0. The van der Waals surface area contributed by atoms with E-state index >= 15 is 0 Å². The number of esters is 1. The van der Waals surface area contributed by atoms with Gasteiger partial charge in [-0.2, -0.15) is 12.6 Å². The van der Waals surface area contributed by atoms with E-state index in [0.717, 1.165) is 0 Å². The van der Waals surface area contributed by atoms with Crippen LogP contribution in [0, 0.1) is 0 Å². The summed E-state index contributed by atoms with van der Waals surface area (Å²) in [7, 11) is -1.87. The third-order valence-corrected chi connectivity index (χ3v) is 8.22. The van der Waals surface area contributed by atoms with Gasteiger partial charge in [-0.05, 0) is 36.9 Å². The van der Waals surface area contributed by atoms with E-state index in [1.165, 1.54) is 0 Å². The molecule has 5 heteroatoms. The van der Waals surface area contributed by atoms with E-state index in [-0.39, 0.29) is 17.1 Å². The van der Waals surface area contributed by atoms with Gasteiger partial charge in [0.15, 0.2) is 8.32 Å². The van der Waals surface area contributed by atoms with Crippen molar-refractivity contribution in [3.63, 3.8) is 0 Å². The van der Waals surface area contributed by atoms with Crippen molar-refractivity contribution >= 4 is 26.9 Å². The first-order chi connectivity index (χ1) is 8.64. The van der Waals surface area contributed by atoms with Crippen LogP contribution in [-0.4, -0.2) is 27.0 Å². The first kappa shape index (κ1) is 18.7. The highest BCUT2D eigenvalue weighted by Crippen LogP contribution is 2.38. The second-order valence-electron chi connectivity index (χ2n) is 6.13. The molecule has 0 spiro atoms. The SMILES string of the molecule is CCOC(=O)C[C@@H](C/C=C/S)O[Si](C)(C)C(C)(C)C. The number of hydrogen-bond acceptors (Lipinski definition) is 4. The summed E-state index contributed by atoms with van der Waals surface area (Å²) in [5, 5.41) is 1.82. The molecule has 0 rings (SSSR count). The van der Waals surface area contributed by atoms with Gasteiger partial charge >= 0.3 is 5.97 Å². The molecule has 1 atom stereocenters. The molecule has 3 nitrogen and oxygen atoms in total. The van der Waals surface area contributed by atoms with Gasteiger partial charge in [0.2, 0.25) is 0 Å². The predicted octanol–water partition coefficient (Wildman–Crippen LogP) is 4.16. The number of ether oxygens (including phenoxy) is 1. The summed E-state index contributed by atoms with van der Waals surface area (Å²) in [6.45, 7) is 13.2. The molecule has 0 aromatic rings. The lowest BCUT2D eigenvalue weighted by molar-refractivity contribution is -0.145. The van der Waals surface area contributed by atoms with Crippen LogP contribution >= 0.6 is 12.6 Å². The molecule has 0 aliphatic heterocycles. The summed E-state index contributed by atoms with van der Waals surface area (Å²) < 4.78 is 11.3. The number of hydrogen-bond donors (Lipinski definition) is 1. The predicted molar refractivity (Wildman–Crippen MR) is 86.1 cm³/mol. The van der Waals surface area contributed by atoms with Gasteiger partial charge in [-0.3, -0.25) is 4.79 Å². The standard InChI is InChI=1S/C14H28O3SSi/c1-7-16-13(15)11-12(9-8-10-18)17-19(5,6)14(2,3)4/h8,10,12,18H,7,9,11H2,1-6H3/b10-8+/t12-/m1/s1. The summed E-state index contributed by atoms with van der Waals surface area (Å²) in [5.74, 6) is -0.196. The molecule has 0 unspecified atom stereocenters. The number of thiol groups is 1. The molecule has 0 aromatic heterocycles. The zero-order chi connectivity index (χ0) is 15.1. The second-order valence-corrected chi connectivity index (χ2v) is 11.2. The van der Waals surface area contributed by atoms with E-state index in [9.17, 15) is 4.79 Å². The van der Waals surface area contributed by atoms with Crippen molar-refractivity contribution in [2.24, 2.45) is 0 Å². The number of carbonyl (C=O) groups excluding carboxylic acids is 1. The minimum absolute atomic E-state index is 0.122. The van der Waals surface area contributed by atoms with Crippen molar-refractivity contribution in [3.8, 4) is 0 Å². The quantitative estimate of drug-likeness (QED) is 0.436. The smallest absolute Gasteiger partial charge is 0.308 e. The minimum Gasteiger partial charge on any atom is -0.466 e. The van der Waals surface area contributed by atoms with Gasteiger partial charge in [0.25, 0.3) is 0 Å². The Bertz CT molecular complexity index is 308. The Morgan fingerprint density at radius 2 is 1.95 bits per heavy atom. The number of rotatable bonds is 7. The largest absolute Gasteiger partial charge is 0.466 e. The lowest BCUT2D eigenvalue weighted by Crippen LogP contribution is -2.44. The molecule has 0 saturated heterocycles. The van der Waals surface area contributed by atoms with E-state index in [1.807, 2.05) is 13.0 Å². The first-order valence-electron chi connectivity index (χ1n) is 6.76. The Labute approximate surface area is 124 Å². The summed E-state index contributed by atoms with van der Waals surface area (Å²) in [4.78, 5) is 11.6. The van der Waals surface area contributed by atoms with Gasteiger partial charge in [0, 0.05) is 0 Å². The Hall–Kier alpha value is -0.263. The molecular weight excluding hydrogens is 276 g/mol. The summed E-state index contributed by atoms with van der Waals surface area (Å²) >= 11 is 4.05. The molecular formula is C14H28O3SSi. The van der Waals surface area contributed by atoms with Crippen LogP contribution in [0.2, 0.25) is 18.1 Å². The molecule has 19 heavy (non-hydrogen) atoms. The summed E-state index contributed by atoms with van der Waals surface area (Å²) in [6, 6.07) is 0. The molecule has 0 bridgehead atoms. The average Bonchev–Trinajstić information content (AvgIpc) is 2.24. The highest BCUT2D eigenvalue weighted by Gasteiger charge is 2.39. The van der Waals surface area contributed by atoms with Crippen LogP contribution in [-0.2, 0) is 14.0 Å². The van der Waals surface area contributed by atoms with Crippen LogP contribution in [0.4, 0.5) is 0 Å². The molecule has 112 valence electrons. The molecule has 0 amide bonds. The Morgan fingerprint density at radius 3 is 2.37 bits per heavy atom. The third kappa shape index (κ3) is 7.18. The highest BCUT2D eigenvalue weighted by molar-refractivity contribution is 7.83. The molecule has 0 heterocycles. The van der Waals surface area contributed by atoms with Crippen molar-refractivity contribution in [1.82, 2.24) is 0 Å². The molecule has 0 saturated carbocycles. The van der Waals surface area contributed by atoms with Crippen molar-refractivity contribution in [3.05, 3.63) is 11.5 Å². The van der Waals surface area contributed by atoms with Crippen molar-refractivity contribution < 1.29 is 14.0 Å². The number of carbonyl (C=O) groups is 1. The Balaban J connectivity index is 4.72. The highest BCUT2D eigenvalue weighted by atomic mass is 32.1. The van der Waals surface area contributed by atoms with E-state index in [0.29, 0.717) is 19.4 Å². The molecule has 0 aliphatic carbocycles. The van der Waals surface area contributed by atoms with E-state index < -0.39 is 8.32 Å². The Morgan fingerprint density at radius 1 is 1.37 bits per heavy atom. The van der Waals surface area contributed by atoms with Crippen LogP contribution in [0.1, 0.15) is 40.5 Å². The van der Waals surface area contributed by atoms with Gasteiger partial charge in [-0.25, -0.2) is 0 Å². The maximum absolute atomic E-state index is 11.6. The van der Waals surface area contributed by atoms with Gasteiger partial charge in [0.1, 0.15) is 0 Å². The minimum atomic E-state index is -1.87. The zero-order valence-corrected chi connectivity index (χ0v) is 14.9. The fraction of sp³-hybridized carbons (Fsp3) is 0.786. The molecule has 0 N–H and O–H groups in total. The monoisotopic (exact) mass is 304 g/mol. The average molecular weight is 305 g/mol. The fourth-order valence-corrected chi connectivity index (χ4v) is 2.87. The van der Waals surface area contributed by atoms with Crippen molar-refractivity contribution in [1.29, 1.82) is 0 Å².